The number of unbranched alkanes of at least 4 members (excludes halogenated alkanes) is 6. The van der Waals surface area contributed by atoms with Crippen molar-refractivity contribution in [1.82, 2.24) is 4.90 Å². The molecule has 0 aromatic carbocycles. The Morgan fingerprint density at radius 1 is 1.17 bits per heavy atom. The minimum absolute atomic E-state index is 0.000217. The lowest BCUT2D eigenvalue weighted by molar-refractivity contribution is -0.151. The van der Waals surface area contributed by atoms with E-state index in [0.29, 0.717) is 0 Å². The Bertz CT molecular complexity index is 387. The van der Waals surface area contributed by atoms with Crippen LogP contribution in [0.2, 0.25) is 0 Å². The highest BCUT2D eigenvalue weighted by Gasteiger charge is 2.42. The molecule has 1 rings (SSSR count). The van der Waals surface area contributed by atoms with Gasteiger partial charge in [0.05, 0.1) is 0 Å². The van der Waals surface area contributed by atoms with Gasteiger partial charge in [-0.15, -0.1) is 0 Å². The van der Waals surface area contributed by atoms with Gasteiger partial charge in [0.25, 0.3) is 0 Å². The highest BCUT2D eigenvalue weighted by Crippen LogP contribution is 2.28. The Kier molecular flexibility index (Phi) is 8.07. The number of carbonyl (C=O) groups excluding carboxylic acids is 2. The molecular formula is C19H35NO3. The summed E-state index contributed by atoms with van der Waals surface area (Å²) in [5.74, 6) is -0.0813. The first-order valence-corrected chi connectivity index (χ1v) is 9.28. The molecular weight excluding hydrogens is 290 g/mol. The van der Waals surface area contributed by atoms with Crippen molar-refractivity contribution in [1.29, 1.82) is 0 Å². The molecule has 2 unspecified atom stereocenters. The predicted molar refractivity (Wildman–Crippen MR) is 92.8 cm³/mol. The molecule has 1 fully saturated rings. The molecule has 0 saturated carbocycles. The fourth-order valence-corrected chi connectivity index (χ4v) is 3.07. The van der Waals surface area contributed by atoms with E-state index in [9.17, 15) is 9.59 Å². The van der Waals surface area contributed by atoms with Crippen molar-refractivity contribution in [3.8, 4) is 0 Å². The number of esters is 1. The van der Waals surface area contributed by atoms with Crippen LogP contribution in [0.1, 0.15) is 86.0 Å². The van der Waals surface area contributed by atoms with Crippen molar-refractivity contribution < 1.29 is 14.3 Å². The van der Waals surface area contributed by atoms with E-state index in [2.05, 4.69) is 13.8 Å². The molecule has 2 atom stereocenters. The number of carbonyl (C=O) groups is 2. The average molecular weight is 325 g/mol. The Balaban J connectivity index is 2.39. The van der Waals surface area contributed by atoms with E-state index in [1.165, 1.54) is 38.5 Å². The maximum atomic E-state index is 12.5. The van der Waals surface area contributed by atoms with Gasteiger partial charge >= 0.3 is 5.97 Å². The highest BCUT2D eigenvalue weighted by atomic mass is 16.6. The Morgan fingerprint density at radius 3 is 2.30 bits per heavy atom. The molecule has 0 aromatic heterocycles. The van der Waals surface area contributed by atoms with Crippen LogP contribution in [-0.2, 0) is 14.3 Å². The van der Waals surface area contributed by atoms with Crippen molar-refractivity contribution in [2.75, 3.05) is 6.54 Å². The van der Waals surface area contributed by atoms with Gasteiger partial charge in [0.1, 0.15) is 6.54 Å². The van der Waals surface area contributed by atoms with Gasteiger partial charge in [-0.3, -0.25) is 14.5 Å². The molecule has 0 aliphatic carbocycles. The number of rotatable bonds is 9. The summed E-state index contributed by atoms with van der Waals surface area (Å²) in [6.45, 7) is 10.1. The number of cyclic esters (lactones) is 1. The van der Waals surface area contributed by atoms with Gasteiger partial charge in [-0.1, -0.05) is 79.6 Å². The van der Waals surface area contributed by atoms with Gasteiger partial charge in [0.15, 0.2) is 6.23 Å². The van der Waals surface area contributed by atoms with E-state index < -0.39 is 5.41 Å². The summed E-state index contributed by atoms with van der Waals surface area (Å²) in [4.78, 5) is 25.8. The van der Waals surface area contributed by atoms with Crippen LogP contribution < -0.4 is 0 Å². The molecule has 0 radical (unpaired) electrons. The molecule has 1 heterocycles. The largest absolute Gasteiger partial charge is 0.440 e. The number of hydrogen-bond acceptors (Lipinski definition) is 3. The second-order valence-electron chi connectivity index (χ2n) is 7.95. The van der Waals surface area contributed by atoms with E-state index in [0.717, 1.165) is 12.8 Å². The SMILES string of the molecule is CCCCCCCCCC(C)C1OC(=O)CN1C(=O)C(C)(C)C. The first kappa shape index (κ1) is 20.0. The molecule has 0 N–H and O–H groups in total. The van der Waals surface area contributed by atoms with E-state index in [1.807, 2.05) is 20.8 Å². The summed E-state index contributed by atoms with van der Waals surface area (Å²) in [7, 11) is 0. The van der Waals surface area contributed by atoms with Crippen molar-refractivity contribution in [2.45, 2.75) is 92.2 Å². The van der Waals surface area contributed by atoms with Gasteiger partial charge in [-0.2, -0.15) is 0 Å². The minimum atomic E-state index is -0.481. The molecule has 1 saturated heterocycles. The second-order valence-corrected chi connectivity index (χ2v) is 7.95. The van der Waals surface area contributed by atoms with Gasteiger partial charge in [0, 0.05) is 11.3 Å². The molecule has 4 nitrogen and oxygen atoms in total. The molecule has 0 spiro atoms. The van der Waals surface area contributed by atoms with Gasteiger partial charge in [-0.25, -0.2) is 0 Å². The highest BCUT2D eigenvalue weighted by molar-refractivity contribution is 5.87. The van der Waals surface area contributed by atoms with Crippen LogP contribution in [0, 0.1) is 11.3 Å². The summed E-state index contributed by atoms with van der Waals surface area (Å²) < 4.78 is 5.43. The zero-order chi connectivity index (χ0) is 17.5. The van der Waals surface area contributed by atoms with Crippen molar-refractivity contribution in [3.63, 3.8) is 0 Å². The number of hydrogen-bond donors (Lipinski definition) is 0. The molecule has 0 aromatic rings. The van der Waals surface area contributed by atoms with Crippen LogP contribution in [0.4, 0.5) is 0 Å². The van der Waals surface area contributed by atoms with Gasteiger partial charge in [0.2, 0.25) is 5.91 Å². The predicted octanol–water partition coefficient (Wildman–Crippen LogP) is 4.52. The zero-order valence-corrected chi connectivity index (χ0v) is 15.7. The van der Waals surface area contributed by atoms with Crippen molar-refractivity contribution in [2.24, 2.45) is 11.3 Å². The number of ether oxygens (including phenoxy) is 1. The first-order valence-electron chi connectivity index (χ1n) is 9.28. The van der Waals surface area contributed by atoms with Gasteiger partial charge < -0.3 is 4.74 Å². The summed E-state index contributed by atoms with van der Waals surface area (Å²) in [6, 6.07) is 0. The molecule has 4 heteroatoms. The first-order chi connectivity index (χ1) is 10.8. The molecule has 23 heavy (non-hydrogen) atoms. The smallest absolute Gasteiger partial charge is 0.327 e. The van der Waals surface area contributed by atoms with Crippen LogP contribution in [0.15, 0.2) is 0 Å². The molecule has 1 aliphatic rings. The summed E-state index contributed by atoms with van der Waals surface area (Å²) >= 11 is 0. The second kappa shape index (κ2) is 9.29. The third-order valence-electron chi connectivity index (χ3n) is 4.51. The van der Waals surface area contributed by atoms with Crippen LogP contribution in [-0.4, -0.2) is 29.5 Å². The zero-order valence-electron chi connectivity index (χ0n) is 15.7. The molecule has 1 aliphatic heterocycles. The topological polar surface area (TPSA) is 46.6 Å². The molecule has 134 valence electrons. The van der Waals surface area contributed by atoms with Crippen LogP contribution in [0.5, 0.6) is 0 Å². The van der Waals surface area contributed by atoms with E-state index in [4.69, 9.17) is 4.74 Å². The van der Waals surface area contributed by atoms with E-state index in [-0.39, 0.29) is 30.6 Å². The fraction of sp³-hybridized carbons (Fsp3) is 0.895. The third-order valence-corrected chi connectivity index (χ3v) is 4.51. The van der Waals surface area contributed by atoms with E-state index in [1.54, 1.807) is 4.90 Å². The maximum Gasteiger partial charge on any atom is 0.327 e. The lowest BCUT2D eigenvalue weighted by Crippen LogP contribution is -2.45. The lowest BCUT2D eigenvalue weighted by Gasteiger charge is -2.31. The Hall–Kier alpha value is -1.06. The molecule has 1 amide bonds. The normalized spacial score (nSPS) is 19.8. The standard InChI is InChI=1S/C19H35NO3/c1-6-7-8-9-10-11-12-13-15(2)17-20(14-16(21)23-17)18(22)19(3,4)5/h15,17H,6-14H2,1-5H3. The summed E-state index contributed by atoms with van der Waals surface area (Å²) in [5, 5.41) is 0. The fourth-order valence-electron chi connectivity index (χ4n) is 3.07. The van der Waals surface area contributed by atoms with E-state index >= 15 is 0 Å². The quantitative estimate of drug-likeness (QED) is 0.462. The Labute approximate surface area is 141 Å². The lowest BCUT2D eigenvalue weighted by atomic mass is 9.93. The van der Waals surface area contributed by atoms with Crippen LogP contribution >= 0.6 is 0 Å². The number of nitrogens with zero attached hydrogens (tertiary/aromatic N) is 1. The summed E-state index contributed by atoms with van der Waals surface area (Å²) in [6.07, 6.45) is 9.52. The van der Waals surface area contributed by atoms with Crippen molar-refractivity contribution in [3.05, 3.63) is 0 Å². The van der Waals surface area contributed by atoms with Gasteiger partial charge in [-0.05, 0) is 6.42 Å². The number of amides is 1. The summed E-state index contributed by atoms with van der Waals surface area (Å²) in [5.41, 5.74) is -0.481. The average Bonchev–Trinajstić information content (AvgIpc) is 2.86. The van der Waals surface area contributed by atoms with Crippen LogP contribution in [0.3, 0.4) is 0 Å². The monoisotopic (exact) mass is 325 g/mol. The van der Waals surface area contributed by atoms with Crippen LogP contribution in [0.25, 0.3) is 0 Å². The maximum absolute atomic E-state index is 12.5. The third kappa shape index (κ3) is 6.52. The Morgan fingerprint density at radius 2 is 1.74 bits per heavy atom. The van der Waals surface area contributed by atoms with Crippen molar-refractivity contribution >= 4 is 11.9 Å². The minimum Gasteiger partial charge on any atom is -0.440 e. The molecule has 0 bridgehead atoms.